The first-order valence-corrected chi connectivity index (χ1v) is 8.07. The lowest BCUT2D eigenvalue weighted by Gasteiger charge is -2.07. The predicted molar refractivity (Wildman–Crippen MR) is 92.2 cm³/mol. The maximum atomic E-state index is 13.5. The first-order chi connectivity index (χ1) is 11.6. The predicted octanol–water partition coefficient (Wildman–Crippen LogP) is 3.23. The van der Waals surface area contributed by atoms with E-state index >= 15 is 0 Å². The van der Waals surface area contributed by atoms with E-state index in [9.17, 15) is 9.18 Å². The molecule has 0 radical (unpaired) electrons. The van der Waals surface area contributed by atoms with Crippen molar-refractivity contribution in [1.29, 1.82) is 0 Å². The van der Waals surface area contributed by atoms with Crippen LogP contribution in [0.3, 0.4) is 0 Å². The van der Waals surface area contributed by atoms with Crippen LogP contribution >= 0.6 is 0 Å². The third kappa shape index (κ3) is 3.62. The molecule has 4 nitrogen and oxygen atoms in total. The van der Waals surface area contributed by atoms with Crippen molar-refractivity contribution in [2.24, 2.45) is 0 Å². The van der Waals surface area contributed by atoms with E-state index in [1.165, 1.54) is 6.07 Å². The smallest absolute Gasteiger partial charge is 0.221 e. The zero-order chi connectivity index (χ0) is 16.9. The van der Waals surface area contributed by atoms with Crippen molar-refractivity contribution in [2.75, 3.05) is 6.54 Å². The number of rotatable bonds is 6. The molecule has 1 amide bonds. The molecule has 1 aromatic heterocycles. The van der Waals surface area contributed by atoms with Crippen molar-refractivity contribution in [3.63, 3.8) is 0 Å². The molecule has 0 saturated heterocycles. The molecule has 0 aliphatic carbocycles. The number of aryl methyl sites for hydroxylation is 2. The van der Waals surface area contributed by atoms with Gasteiger partial charge in [-0.3, -0.25) is 9.48 Å². The zero-order valence-corrected chi connectivity index (χ0v) is 13.6. The molecule has 2 aromatic carbocycles. The van der Waals surface area contributed by atoms with Crippen molar-refractivity contribution in [2.45, 2.75) is 26.3 Å². The topological polar surface area (TPSA) is 46.9 Å². The Hall–Kier alpha value is -2.69. The number of aromatic nitrogens is 2. The Kier molecular flexibility index (Phi) is 4.89. The number of benzene rings is 2. The third-order valence-corrected chi connectivity index (χ3v) is 4.07. The quantitative estimate of drug-likeness (QED) is 0.756. The molecule has 0 aliphatic rings. The van der Waals surface area contributed by atoms with Gasteiger partial charge in [0.1, 0.15) is 5.82 Å². The van der Waals surface area contributed by atoms with Crippen LogP contribution < -0.4 is 5.32 Å². The minimum absolute atomic E-state index is 0.0522. The van der Waals surface area contributed by atoms with E-state index in [1.54, 1.807) is 18.2 Å². The molecule has 0 unspecified atom stereocenters. The van der Waals surface area contributed by atoms with Crippen LogP contribution in [0.4, 0.5) is 4.39 Å². The summed E-state index contributed by atoms with van der Waals surface area (Å²) in [5.41, 5.74) is 2.62. The van der Waals surface area contributed by atoms with Gasteiger partial charge >= 0.3 is 0 Å². The summed E-state index contributed by atoms with van der Waals surface area (Å²) in [7, 11) is 0. The average Bonchev–Trinajstić information content (AvgIpc) is 2.91. The second kappa shape index (κ2) is 7.25. The second-order valence-electron chi connectivity index (χ2n) is 5.77. The minimum Gasteiger partial charge on any atom is -0.356 e. The van der Waals surface area contributed by atoms with E-state index in [4.69, 9.17) is 0 Å². The molecule has 5 heteroatoms. The number of amides is 1. The summed E-state index contributed by atoms with van der Waals surface area (Å²) < 4.78 is 15.4. The number of carbonyl (C=O) groups excluding carboxylic acids is 1. The van der Waals surface area contributed by atoms with Crippen molar-refractivity contribution in [3.05, 3.63) is 65.6 Å². The SMILES string of the molecule is Cc1nn(CCC(=O)NCCc2ccccc2F)c2ccccc12. The molecule has 0 bridgehead atoms. The molecule has 0 saturated carbocycles. The zero-order valence-electron chi connectivity index (χ0n) is 13.6. The number of nitrogens with zero attached hydrogens (tertiary/aromatic N) is 2. The lowest BCUT2D eigenvalue weighted by molar-refractivity contribution is -0.121. The van der Waals surface area contributed by atoms with Crippen LogP contribution in [-0.2, 0) is 17.8 Å². The van der Waals surface area contributed by atoms with Crippen molar-refractivity contribution < 1.29 is 9.18 Å². The van der Waals surface area contributed by atoms with E-state index in [1.807, 2.05) is 35.9 Å². The molecule has 0 fully saturated rings. The van der Waals surface area contributed by atoms with Gasteiger partial charge in [0.2, 0.25) is 5.91 Å². The Balaban J connectivity index is 1.51. The highest BCUT2D eigenvalue weighted by molar-refractivity contribution is 5.82. The van der Waals surface area contributed by atoms with E-state index in [2.05, 4.69) is 10.4 Å². The van der Waals surface area contributed by atoms with Gasteiger partial charge in [-0.25, -0.2) is 4.39 Å². The molecule has 0 aliphatic heterocycles. The summed E-state index contributed by atoms with van der Waals surface area (Å²) in [5, 5.41) is 8.43. The molecule has 3 rings (SSSR count). The number of fused-ring (bicyclic) bond motifs is 1. The van der Waals surface area contributed by atoms with Crippen LogP contribution in [-0.4, -0.2) is 22.2 Å². The third-order valence-electron chi connectivity index (χ3n) is 4.07. The maximum Gasteiger partial charge on any atom is 0.221 e. The molecule has 0 atom stereocenters. The molecule has 1 heterocycles. The highest BCUT2D eigenvalue weighted by atomic mass is 19.1. The van der Waals surface area contributed by atoms with Gasteiger partial charge < -0.3 is 5.32 Å². The molecule has 1 N–H and O–H groups in total. The number of hydrogen-bond donors (Lipinski definition) is 1. The fraction of sp³-hybridized carbons (Fsp3) is 0.263. The van der Waals surface area contributed by atoms with Crippen LogP contribution in [0.2, 0.25) is 0 Å². The van der Waals surface area contributed by atoms with Gasteiger partial charge in [0, 0.05) is 18.4 Å². The van der Waals surface area contributed by atoms with Crippen LogP contribution in [0.25, 0.3) is 10.9 Å². The maximum absolute atomic E-state index is 13.5. The monoisotopic (exact) mass is 325 g/mol. The summed E-state index contributed by atoms with van der Waals surface area (Å²) in [5.74, 6) is -0.284. The van der Waals surface area contributed by atoms with E-state index < -0.39 is 0 Å². The van der Waals surface area contributed by atoms with Crippen LogP contribution in [0, 0.1) is 12.7 Å². The van der Waals surface area contributed by atoms with Crippen LogP contribution in [0.15, 0.2) is 48.5 Å². The highest BCUT2D eigenvalue weighted by Gasteiger charge is 2.08. The first-order valence-electron chi connectivity index (χ1n) is 8.07. The minimum atomic E-state index is -0.231. The Labute approximate surface area is 140 Å². The van der Waals surface area contributed by atoms with Crippen LogP contribution in [0.5, 0.6) is 0 Å². The molecular formula is C19H20FN3O. The van der Waals surface area contributed by atoms with Gasteiger partial charge in [-0.2, -0.15) is 5.10 Å². The average molecular weight is 325 g/mol. The summed E-state index contributed by atoms with van der Waals surface area (Å²) in [6.07, 6.45) is 0.838. The first kappa shape index (κ1) is 16.2. The van der Waals surface area contributed by atoms with Gasteiger partial charge in [-0.1, -0.05) is 36.4 Å². The standard InChI is InChI=1S/C19H20FN3O/c1-14-16-7-3-5-9-18(16)23(22-14)13-11-19(24)21-12-10-15-6-2-4-8-17(15)20/h2-9H,10-13H2,1H3,(H,21,24). The molecule has 24 heavy (non-hydrogen) atoms. The Morgan fingerprint density at radius 3 is 2.75 bits per heavy atom. The Bertz CT molecular complexity index is 857. The van der Waals surface area contributed by atoms with E-state index in [0.717, 1.165) is 16.6 Å². The summed E-state index contributed by atoms with van der Waals surface area (Å²) in [4.78, 5) is 12.0. The van der Waals surface area contributed by atoms with E-state index in [0.29, 0.717) is 31.5 Å². The normalized spacial score (nSPS) is 10.9. The van der Waals surface area contributed by atoms with Gasteiger partial charge in [-0.15, -0.1) is 0 Å². The van der Waals surface area contributed by atoms with Crippen LogP contribution in [0.1, 0.15) is 17.7 Å². The number of halogens is 1. The molecule has 0 spiro atoms. The number of carbonyl (C=O) groups is 1. The van der Waals surface area contributed by atoms with Gasteiger partial charge in [0.25, 0.3) is 0 Å². The van der Waals surface area contributed by atoms with Gasteiger partial charge in [0.05, 0.1) is 17.8 Å². The fourth-order valence-corrected chi connectivity index (χ4v) is 2.80. The van der Waals surface area contributed by atoms with Crippen molar-refractivity contribution >= 4 is 16.8 Å². The summed E-state index contributed by atoms with van der Waals surface area (Å²) in [6, 6.07) is 14.6. The van der Waals surface area contributed by atoms with Gasteiger partial charge in [-0.05, 0) is 31.0 Å². The largest absolute Gasteiger partial charge is 0.356 e. The van der Waals surface area contributed by atoms with E-state index in [-0.39, 0.29) is 11.7 Å². The van der Waals surface area contributed by atoms with Crippen molar-refractivity contribution in [1.82, 2.24) is 15.1 Å². The lowest BCUT2D eigenvalue weighted by Crippen LogP contribution is -2.26. The Morgan fingerprint density at radius 1 is 1.17 bits per heavy atom. The van der Waals surface area contributed by atoms with Gasteiger partial charge in [0.15, 0.2) is 0 Å². The summed E-state index contributed by atoms with van der Waals surface area (Å²) in [6.45, 7) is 2.92. The highest BCUT2D eigenvalue weighted by Crippen LogP contribution is 2.17. The second-order valence-corrected chi connectivity index (χ2v) is 5.77. The fourth-order valence-electron chi connectivity index (χ4n) is 2.80. The lowest BCUT2D eigenvalue weighted by atomic mass is 10.1. The van der Waals surface area contributed by atoms with Crippen molar-refractivity contribution in [3.8, 4) is 0 Å². The number of hydrogen-bond acceptors (Lipinski definition) is 2. The number of para-hydroxylation sites is 1. The Morgan fingerprint density at radius 2 is 1.92 bits per heavy atom. The molecular weight excluding hydrogens is 305 g/mol. The molecule has 124 valence electrons. The number of nitrogens with one attached hydrogen (secondary N) is 1. The molecule has 3 aromatic rings. The summed E-state index contributed by atoms with van der Waals surface area (Å²) >= 11 is 0.